The molecule has 0 aliphatic carbocycles. The third-order valence-corrected chi connectivity index (χ3v) is 14.9. The number of hydrogen-bond donors (Lipinski definition) is 9. The number of guanidine groups is 2. The zero-order valence-corrected chi connectivity index (χ0v) is 39.8. The summed E-state index contributed by atoms with van der Waals surface area (Å²) in [6.45, 7) is 7.45. The first-order valence-corrected chi connectivity index (χ1v) is 26.0. The van der Waals surface area contributed by atoms with Crippen molar-refractivity contribution >= 4 is 53.2 Å². The molecule has 1 aromatic carbocycles. The minimum absolute atomic E-state index is 0.123. The summed E-state index contributed by atoms with van der Waals surface area (Å²) >= 11 is 3.82. The summed E-state index contributed by atoms with van der Waals surface area (Å²) in [5.41, 5.74) is 1.81. The van der Waals surface area contributed by atoms with E-state index in [9.17, 15) is 14.4 Å². The monoisotopic (exact) mass is 911 g/mol. The van der Waals surface area contributed by atoms with Crippen LogP contribution in [0.25, 0.3) is 0 Å². The summed E-state index contributed by atoms with van der Waals surface area (Å²) in [7, 11) is 0. The molecule has 6 unspecified atom stereocenters. The van der Waals surface area contributed by atoms with Crippen LogP contribution < -0.4 is 37.2 Å². The number of nitrogens with one attached hydrogen (secondary N) is 9. The van der Waals surface area contributed by atoms with Gasteiger partial charge in [0.1, 0.15) is 6.61 Å². The lowest BCUT2D eigenvalue weighted by Crippen LogP contribution is -2.40. The zero-order chi connectivity index (χ0) is 45.1. The van der Waals surface area contributed by atoms with Crippen LogP contribution in [-0.2, 0) is 20.9 Å². The van der Waals surface area contributed by atoms with Gasteiger partial charge in [-0.25, -0.2) is 0 Å². The minimum atomic E-state index is -0.123. The number of benzene rings is 1. The van der Waals surface area contributed by atoms with Crippen LogP contribution in [0.1, 0.15) is 132 Å². The van der Waals surface area contributed by atoms with Gasteiger partial charge >= 0.3 is 0 Å². The highest BCUT2D eigenvalue weighted by molar-refractivity contribution is 8.00. The summed E-state index contributed by atoms with van der Waals surface area (Å²) in [6, 6.07) is 9.10. The Kier molecular flexibility index (Phi) is 25.1. The van der Waals surface area contributed by atoms with Gasteiger partial charge < -0.3 is 42.0 Å². The summed E-state index contributed by atoms with van der Waals surface area (Å²) in [4.78, 5) is 40.1. The van der Waals surface area contributed by atoms with Gasteiger partial charge in [0, 0.05) is 66.9 Å². The predicted octanol–water partition coefficient (Wildman–Crippen LogP) is 5.33. The number of carbonyl (C=O) groups is 3. The Morgan fingerprint density at radius 1 is 0.825 bits per heavy atom. The molecule has 0 saturated carbocycles. The van der Waals surface area contributed by atoms with Crippen molar-refractivity contribution in [2.24, 2.45) is 0 Å². The second-order valence-electron chi connectivity index (χ2n) is 17.3. The number of carbonyl (C=O) groups excluding carboxylic acids is 3. The number of ether oxygens (including phenoxy) is 1. The second-order valence-corrected chi connectivity index (χ2v) is 19.6. The molecule has 0 radical (unpaired) electrons. The third-order valence-electron chi connectivity index (χ3n) is 12.2. The molecule has 3 amide bonds. The van der Waals surface area contributed by atoms with Crippen molar-refractivity contribution in [3.63, 3.8) is 0 Å². The molecule has 9 N–H and O–H groups in total. The van der Waals surface area contributed by atoms with Crippen LogP contribution in [0.5, 0.6) is 0 Å². The van der Waals surface area contributed by atoms with Gasteiger partial charge in [-0.15, -0.1) is 6.42 Å². The third kappa shape index (κ3) is 20.4. The number of nitrogens with zero attached hydrogens (tertiary/aromatic N) is 1. The van der Waals surface area contributed by atoms with E-state index in [0.717, 1.165) is 135 Å². The summed E-state index contributed by atoms with van der Waals surface area (Å²) in [5.74, 6) is 4.50. The van der Waals surface area contributed by atoms with E-state index in [4.69, 9.17) is 22.0 Å². The van der Waals surface area contributed by atoms with Crippen molar-refractivity contribution < 1.29 is 19.1 Å². The highest BCUT2D eigenvalue weighted by atomic mass is 32.2. The molecule has 4 rings (SSSR count). The van der Waals surface area contributed by atoms with Crippen molar-refractivity contribution in [2.75, 3.05) is 57.9 Å². The summed E-state index contributed by atoms with van der Waals surface area (Å²) in [6.07, 6.45) is 24.2. The molecule has 16 heteroatoms. The van der Waals surface area contributed by atoms with Gasteiger partial charge in [-0.05, 0) is 95.3 Å². The molecule has 3 saturated heterocycles. The molecule has 1 aromatic rings. The largest absolute Gasteiger partial charge is 0.367 e. The van der Waals surface area contributed by atoms with Crippen LogP contribution in [-0.4, -0.2) is 127 Å². The molecule has 0 aromatic heterocycles. The van der Waals surface area contributed by atoms with Crippen molar-refractivity contribution in [3.05, 3.63) is 35.4 Å². The van der Waals surface area contributed by atoms with Crippen LogP contribution in [0.4, 0.5) is 0 Å². The Hall–Kier alpha value is -3.65. The number of fused-ring (bicyclic) bond motifs is 1. The quantitative estimate of drug-likeness (QED) is 0.0321. The zero-order valence-electron chi connectivity index (χ0n) is 38.1. The Bertz CT molecular complexity index is 1580. The maximum atomic E-state index is 12.6. The fourth-order valence-corrected chi connectivity index (χ4v) is 11.2. The first-order chi connectivity index (χ1) is 30.7. The Morgan fingerprint density at radius 3 is 2.10 bits per heavy atom. The molecule has 0 spiro atoms. The number of hydrogen-bond acceptors (Lipinski definition) is 9. The molecule has 14 nitrogen and oxygen atoms in total. The van der Waals surface area contributed by atoms with Crippen molar-refractivity contribution in [1.29, 1.82) is 10.8 Å². The lowest BCUT2D eigenvalue weighted by Gasteiger charge is -2.24. The van der Waals surface area contributed by atoms with Gasteiger partial charge in [-0.2, -0.15) is 23.5 Å². The van der Waals surface area contributed by atoms with Gasteiger partial charge in [0.05, 0.1) is 24.7 Å². The van der Waals surface area contributed by atoms with E-state index in [2.05, 4.69) is 61.2 Å². The number of thioether (sulfide) groups is 2. The van der Waals surface area contributed by atoms with Gasteiger partial charge in [-0.3, -0.25) is 30.1 Å². The maximum absolute atomic E-state index is 12.6. The predicted molar refractivity (Wildman–Crippen MR) is 261 cm³/mol. The fraction of sp³-hybridized carbons (Fsp3) is 0.723. The average Bonchev–Trinajstić information content (AvgIpc) is 3.95. The van der Waals surface area contributed by atoms with Crippen LogP contribution in [0, 0.1) is 23.2 Å². The topological polar surface area (TPSA) is 196 Å². The van der Waals surface area contributed by atoms with E-state index in [1.54, 1.807) is 0 Å². The first kappa shape index (κ1) is 52.0. The van der Waals surface area contributed by atoms with Gasteiger partial charge in [0.15, 0.2) is 11.9 Å². The molecule has 3 aliphatic rings. The van der Waals surface area contributed by atoms with Gasteiger partial charge in [0.2, 0.25) is 11.8 Å². The number of amides is 3. The summed E-state index contributed by atoms with van der Waals surface area (Å²) < 4.78 is 5.25. The van der Waals surface area contributed by atoms with E-state index in [0.29, 0.717) is 66.1 Å². The normalized spacial score (nSPS) is 20.6. The molecule has 6 atom stereocenters. The molecule has 352 valence electrons. The Morgan fingerprint density at radius 2 is 1.46 bits per heavy atom. The smallest absolute Gasteiger partial charge is 0.251 e. The lowest BCUT2D eigenvalue weighted by molar-refractivity contribution is -0.122. The molecule has 3 aliphatic heterocycles. The molecule has 0 bridgehead atoms. The molecular weight excluding hydrogens is 833 g/mol. The average molecular weight is 911 g/mol. The summed E-state index contributed by atoms with van der Waals surface area (Å²) in [5, 5.41) is 38.6. The molecule has 3 heterocycles. The minimum Gasteiger partial charge on any atom is -0.367 e. The molecule has 3 fully saturated rings. The lowest BCUT2D eigenvalue weighted by atomic mass is 10.0. The maximum Gasteiger partial charge on any atom is 0.251 e. The highest BCUT2D eigenvalue weighted by Crippen LogP contribution is 2.33. The first-order valence-electron chi connectivity index (χ1n) is 23.7. The van der Waals surface area contributed by atoms with E-state index >= 15 is 0 Å². The van der Waals surface area contributed by atoms with Crippen LogP contribution in [0.3, 0.4) is 0 Å². The SMILES string of the molecule is C#CCOCCNC(=O)c1ccc(CN(CCCCCCCNC(=O)CCCCC(SC)C2NC(=N)NC2C)CCCCCCNC(=O)CCCCC2SCC3NC(=N)NC32)cc1. The highest BCUT2D eigenvalue weighted by Gasteiger charge is 2.41. The van der Waals surface area contributed by atoms with Crippen molar-refractivity contribution in [3.8, 4) is 12.3 Å². The fourth-order valence-electron chi connectivity index (χ4n) is 8.64. The molecular formula is C47H78N10O4S2. The van der Waals surface area contributed by atoms with Crippen LogP contribution >= 0.6 is 23.5 Å². The van der Waals surface area contributed by atoms with Gasteiger partial charge in [0.25, 0.3) is 5.91 Å². The van der Waals surface area contributed by atoms with Crippen molar-refractivity contribution in [1.82, 2.24) is 42.1 Å². The molecule has 63 heavy (non-hydrogen) atoms. The van der Waals surface area contributed by atoms with Gasteiger partial charge in [-0.1, -0.05) is 63.0 Å². The van der Waals surface area contributed by atoms with E-state index in [1.165, 1.54) is 5.56 Å². The van der Waals surface area contributed by atoms with E-state index < -0.39 is 0 Å². The standard InChI is InChI=1S/C47H78N10O4S2/c1-4-31-61-32-28-52-45(60)37-24-22-36(23-25-37)33-57(30-17-9-7-15-27-51-42(59)21-13-11-19-40-44-38(34-63-40)54-47(49)56-44)29-16-8-5-6-14-26-50-41(58)20-12-10-18-39(62-3)43-35(2)53-46(48)55-43/h1,22-25,35,38-40,43-44H,5-21,26-34H2,2-3H3,(H,50,58)(H,51,59)(H,52,60)(H3,48,53,55)(H3,49,54,56). The number of terminal acetylenes is 1. The van der Waals surface area contributed by atoms with Crippen LogP contribution in [0.2, 0.25) is 0 Å². The number of rotatable bonds is 34. The number of unbranched alkanes of at least 4 members (excludes halogenated alkanes) is 9. The van der Waals surface area contributed by atoms with Crippen molar-refractivity contribution in [2.45, 2.75) is 157 Å². The van der Waals surface area contributed by atoms with E-state index in [1.807, 2.05) is 47.8 Å². The second kappa shape index (κ2) is 30.5. The van der Waals surface area contributed by atoms with E-state index in [-0.39, 0.29) is 36.4 Å². The van der Waals surface area contributed by atoms with Crippen LogP contribution in [0.15, 0.2) is 24.3 Å². The Labute approximate surface area is 386 Å². The Balaban J connectivity index is 1.06.